The van der Waals surface area contributed by atoms with E-state index in [1.165, 1.54) is 5.56 Å². The molecule has 5 heteroatoms. The number of ether oxygens (including phenoxy) is 3. The Morgan fingerprint density at radius 1 is 1.00 bits per heavy atom. The molecule has 20 heavy (non-hydrogen) atoms. The molecule has 4 nitrogen and oxygen atoms in total. The average molecular weight is 293 g/mol. The van der Waals surface area contributed by atoms with Crippen LogP contribution in [-0.2, 0) is 0 Å². The topological polar surface area (TPSA) is 39.7 Å². The maximum atomic E-state index is 5.40. The normalized spacial score (nSPS) is 12.0. The van der Waals surface area contributed by atoms with Gasteiger partial charge in [0.15, 0.2) is 11.5 Å². The molecule has 1 aromatic carbocycles. The van der Waals surface area contributed by atoms with Gasteiger partial charge >= 0.3 is 0 Å². The fourth-order valence-corrected chi connectivity index (χ4v) is 2.92. The van der Waals surface area contributed by atoms with Gasteiger partial charge in [-0.15, -0.1) is 0 Å². The summed E-state index contributed by atoms with van der Waals surface area (Å²) in [5.74, 6) is 1.94. The Balaban J connectivity index is 2.50. The van der Waals surface area contributed by atoms with Crippen LogP contribution in [-0.4, -0.2) is 28.4 Å². The summed E-state index contributed by atoms with van der Waals surface area (Å²) in [4.78, 5) is 0. The molecule has 0 bridgehead atoms. The molecule has 0 saturated heterocycles. The van der Waals surface area contributed by atoms with Gasteiger partial charge in [-0.2, -0.15) is 11.3 Å². The Labute approximate surface area is 123 Å². The molecule has 0 amide bonds. The molecule has 2 rings (SSSR count). The number of methoxy groups -OCH3 is 3. The van der Waals surface area contributed by atoms with Crippen LogP contribution in [0.4, 0.5) is 0 Å². The van der Waals surface area contributed by atoms with Crippen LogP contribution in [0.15, 0.2) is 29.0 Å². The zero-order valence-corrected chi connectivity index (χ0v) is 12.9. The highest BCUT2D eigenvalue weighted by atomic mass is 32.1. The van der Waals surface area contributed by atoms with Crippen molar-refractivity contribution < 1.29 is 14.2 Å². The highest BCUT2D eigenvalue weighted by molar-refractivity contribution is 7.08. The van der Waals surface area contributed by atoms with E-state index in [1.807, 2.05) is 19.2 Å². The largest absolute Gasteiger partial charge is 0.493 e. The van der Waals surface area contributed by atoms with Gasteiger partial charge in [0.25, 0.3) is 0 Å². The van der Waals surface area contributed by atoms with Gasteiger partial charge in [-0.05, 0) is 47.1 Å². The number of benzene rings is 1. The lowest BCUT2D eigenvalue weighted by atomic mass is 10.0. The molecule has 1 N–H and O–H groups in total. The summed E-state index contributed by atoms with van der Waals surface area (Å²) < 4.78 is 16.2. The first-order valence-electron chi connectivity index (χ1n) is 6.24. The minimum absolute atomic E-state index is 0.0926. The monoisotopic (exact) mass is 293 g/mol. The summed E-state index contributed by atoms with van der Waals surface area (Å²) in [5.41, 5.74) is 2.28. The van der Waals surface area contributed by atoms with E-state index in [9.17, 15) is 0 Å². The fraction of sp³-hybridized carbons (Fsp3) is 0.333. The Kier molecular flexibility index (Phi) is 4.87. The van der Waals surface area contributed by atoms with Crippen molar-refractivity contribution in [2.45, 2.75) is 6.04 Å². The van der Waals surface area contributed by atoms with E-state index in [4.69, 9.17) is 14.2 Å². The molecule has 2 aromatic rings. The van der Waals surface area contributed by atoms with Gasteiger partial charge in [-0.25, -0.2) is 0 Å². The highest BCUT2D eigenvalue weighted by Crippen LogP contribution is 2.40. The van der Waals surface area contributed by atoms with Crippen molar-refractivity contribution in [1.29, 1.82) is 0 Å². The quantitative estimate of drug-likeness (QED) is 0.888. The maximum Gasteiger partial charge on any atom is 0.203 e. The summed E-state index contributed by atoms with van der Waals surface area (Å²) in [6.45, 7) is 0. The smallest absolute Gasteiger partial charge is 0.203 e. The van der Waals surface area contributed by atoms with E-state index in [0.717, 1.165) is 5.56 Å². The van der Waals surface area contributed by atoms with Crippen LogP contribution in [0.2, 0.25) is 0 Å². The fourth-order valence-electron chi connectivity index (χ4n) is 2.23. The first-order chi connectivity index (χ1) is 9.74. The summed E-state index contributed by atoms with van der Waals surface area (Å²) in [5, 5.41) is 7.51. The third-order valence-electron chi connectivity index (χ3n) is 3.19. The summed E-state index contributed by atoms with van der Waals surface area (Å²) in [6.07, 6.45) is 0. The van der Waals surface area contributed by atoms with E-state index in [-0.39, 0.29) is 6.04 Å². The first-order valence-corrected chi connectivity index (χ1v) is 7.18. The van der Waals surface area contributed by atoms with Crippen LogP contribution in [0.3, 0.4) is 0 Å². The summed E-state index contributed by atoms with van der Waals surface area (Å²) in [6, 6.07) is 6.14. The standard InChI is InChI=1S/C15H19NO3S/c1-16-14(10-5-6-20-9-10)11-7-12(17-2)15(19-4)13(8-11)18-3/h5-9,14,16H,1-4H3. The second-order valence-corrected chi connectivity index (χ2v) is 5.02. The zero-order chi connectivity index (χ0) is 14.5. The van der Waals surface area contributed by atoms with Crippen LogP contribution >= 0.6 is 11.3 Å². The predicted molar refractivity (Wildman–Crippen MR) is 81.3 cm³/mol. The Bertz CT molecular complexity index is 529. The number of thiophene rings is 1. The highest BCUT2D eigenvalue weighted by Gasteiger charge is 2.19. The minimum atomic E-state index is 0.0926. The summed E-state index contributed by atoms with van der Waals surface area (Å²) >= 11 is 1.68. The Morgan fingerprint density at radius 3 is 2.05 bits per heavy atom. The van der Waals surface area contributed by atoms with Gasteiger partial charge in [-0.1, -0.05) is 0 Å². The van der Waals surface area contributed by atoms with Crippen LogP contribution < -0.4 is 19.5 Å². The Morgan fingerprint density at radius 2 is 1.65 bits per heavy atom. The molecule has 0 spiro atoms. The van der Waals surface area contributed by atoms with Crippen molar-refractivity contribution in [3.8, 4) is 17.2 Å². The van der Waals surface area contributed by atoms with E-state index >= 15 is 0 Å². The molecule has 1 atom stereocenters. The number of rotatable bonds is 6. The second-order valence-electron chi connectivity index (χ2n) is 4.24. The maximum absolute atomic E-state index is 5.40. The molecule has 1 aromatic heterocycles. The molecule has 0 aliphatic heterocycles. The molecule has 0 radical (unpaired) electrons. The molecule has 0 aliphatic rings. The molecule has 0 aliphatic carbocycles. The lowest BCUT2D eigenvalue weighted by Gasteiger charge is -2.19. The molecule has 0 fully saturated rings. The minimum Gasteiger partial charge on any atom is -0.493 e. The first kappa shape index (κ1) is 14.7. The van der Waals surface area contributed by atoms with Crippen LogP contribution in [0.1, 0.15) is 17.2 Å². The number of hydrogen-bond donors (Lipinski definition) is 1. The molecule has 1 unspecified atom stereocenters. The van der Waals surface area contributed by atoms with Crippen LogP contribution in [0.5, 0.6) is 17.2 Å². The van der Waals surface area contributed by atoms with E-state index < -0.39 is 0 Å². The number of hydrogen-bond acceptors (Lipinski definition) is 5. The van der Waals surface area contributed by atoms with Crippen molar-refractivity contribution in [2.24, 2.45) is 0 Å². The molecule has 108 valence electrons. The van der Waals surface area contributed by atoms with Crippen molar-refractivity contribution in [3.05, 3.63) is 40.1 Å². The van der Waals surface area contributed by atoms with Gasteiger partial charge in [0.2, 0.25) is 5.75 Å². The van der Waals surface area contributed by atoms with Crippen molar-refractivity contribution in [2.75, 3.05) is 28.4 Å². The molecule has 0 saturated carbocycles. The summed E-state index contributed by atoms with van der Waals surface area (Å²) in [7, 11) is 6.79. The predicted octanol–water partition coefficient (Wildman–Crippen LogP) is 3.08. The van der Waals surface area contributed by atoms with E-state index in [2.05, 4.69) is 22.1 Å². The van der Waals surface area contributed by atoms with Gasteiger partial charge in [0, 0.05) is 0 Å². The third-order valence-corrected chi connectivity index (χ3v) is 3.89. The zero-order valence-electron chi connectivity index (χ0n) is 12.1. The van der Waals surface area contributed by atoms with Gasteiger partial charge in [0.1, 0.15) is 0 Å². The molecule has 1 heterocycles. The lowest BCUT2D eigenvalue weighted by Crippen LogP contribution is -2.17. The SMILES string of the molecule is CNC(c1ccsc1)c1cc(OC)c(OC)c(OC)c1. The van der Waals surface area contributed by atoms with E-state index in [1.54, 1.807) is 32.7 Å². The molecular weight excluding hydrogens is 274 g/mol. The third kappa shape index (κ3) is 2.73. The van der Waals surface area contributed by atoms with Crippen molar-refractivity contribution in [1.82, 2.24) is 5.32 Å². The van der Waals surface area contributed by atoms with Crippen LogP contribution in [0.25, 0.3) is 0 Å². The van der Waals surface area contributed by atoms with Crippen molar-refractivity contribution >= 4 is 11.3 Å². The molecular formula is C15H19NO3S. The lowest BCUT2D eigenvalue weighted by molar-refractivity contribution is 0.323. The second kappa shape index (κ2) is 6.63. The van der Waals surface area contributed by atoms with E-state index in [0.29, 0.717) is 17.2 Å². The Hall–Kier alpha value is -1.72. The average Bonchev–Trinajstić information content (AvgIpc) is 3.00. The van der Waals surface area contributed by atoms with Gasteiger partial charge in [0.05, 0.1) is 27.4 Å². The van der Waals surface area contributed by atoms with Gasteiger partial charge < -0.3 is 19.5 Å². The van der Waals surface area contributed by atoms with Crippen molar-refractivity contribution in [3.63, 3.8) is 0 Å². The van der Waals surface area contributed by atoms with Crippen LogP contribution in [0, 0.1) is 0 Å². The van der Waals surface area contributed by atoms with Gasteiger partial charge in [-0.3, -0.25) is 0 Å². The number of nitrogens with one attached hydrogen (secondary N) is 1.